The Balaban J connectivity index is 1.86. The molecule has 0 saturated heterocycles. The van der Waals surface area contributed by atoms with Crippen LogP contribution in [-0.4, -0.2) is 15.4 Å². The summed E-state index contributed by atoms with van der Waals surface area (Å²) in [6.45, 7) is -1.29. The molecule has 0 aliphatic carbocycles. The second-order valence-electron chi connectivity index (χ2n) is 6.27. The zero-order valence-electron chi connectivity index (χ0n) is 15.2. The predicted molar refractivity (Wildman–Crippen MR) is 104 cm³/mol. The Morgan fingerprint density at radius 1 is 1.13 bits per heavy atom. The van der Waals surface area contributed by atoms with E-state index in [0.717, 1.165) is 29.7 Å². The van der Waals surface area contributed by atoms with Crippen LogP contribution in [0.15, 0.2) is 30.3 Å². The van der Waals surface area contributed by atoms with Crippen LogP contribution >= 0.6 is 23.1 Å². The Morgan fingerprint density at radius 3 is 2.43 bits per heavy atom. The van der Waals surface area contributed by atoms with Gasteiger partial charge in [0.15, 0.2) is 17.4 Å². The van der Waals surface area contributed by atoms with Crippen molar-refractivity contribution < 1.29 is 32.2 Å². The molecule has 0 radical (unpaired) electrons. The van der Waals surface area contributed by atoms with Crippen molar-refractivity contribution in [1.29, 1.82) is 0 Å². The molecule has 1 heterocycles. The fourth-order valence-corrected chi connectivity index (χ4v) is 3.61. The van der Waals surface area contributed by atoms with E-state index in [1.165, 1.54) is 12.1 Å². The van der Waals surface area contributed by atoms with Gasteiger partial charge in [0.2, 0.25) is 0 Å². The number of alkyl halides is 1. The van der Waals surface area contributed by atoms with Crippen molar-refractivity contribution >= 4 is 29.1 Å². The molecule has 158 valence electrons. The fourth-order valence-electron chi connectivity index (χ4n) is 2.76. The van der Waals surface area contributed by atoms with Gasteiger partial charge in [-0.3, -0.25) is 4.79 Å². The van der Waals surface area contributed by atoms with E-state index in [-0.39, 0.29) is 39.6 Å². The van der Waals surface area contributed by atoms with Gasteiger partial charge < -0.3 is 9.84 Å². The quantitative estimate of drug-likeness (QED) is 0.423. The van der Waals surface area contributed by atoms with Crippen molar-refractivity contribution in [3.05, 3.63) is 68.8 Å². The fraction of sp³-hybridized carbons (Fsp3) is 0.200. The lowest BCUT2D eigenvalue weighted by molar-refractivity contribution is -0.136. The van der Waals surface area contributed by atoms with E-state index < -0.39 is 42.5 Å². The van der Waals surface area contributed by atoms with Gasteiger partial charge >= 0.3 is 5.97 Å². The Bertz CT molecular complexity index is 1070. The van der Waals surface area contributed by atoms with E-state index in [1.54, 1.807) is 0 Å². The molecule has 4 nitrogen and oxygen atoms in total. The summed E-state index contributed by atoms with van der Waals surface area (Å²) in [6.07, 6.45) is -0.323. The van der Waals surface area contributed by atoms with Crippen molar-refractivity contribution in [3.63, 3.8) is 0 Å². The number of nitrogens with zero attached hydrogens (tertiary/aromatic N) is 1. The maximum Gasteiger partial charge on any atom is 0.303 e. The summed E-state index contributed by atoms with van der Waals surface area (Å²) in [6, 6.07) is 5.91. The minimum Gasteiger partial charge on any atom is -0.483 e. The molecule has 0 amide bonds. The average molecular weight is 460 g/mol. The lowest BCUT2D eigenvalue weighted by atomic mass is 10.1. The van der Waals surface area contributed by atoms with Crippen LogP contribution in [0, 0.1) is 17.5 Å². The lowest BCUT2D eigenvalue weighted by Gasteiger charge is -2.11. The molecule has 1 N–H and O–H groups in total. The number of carboxylic acids is 1. The molecule has 0 unspecified atom stereocenters. The number of halogens is 5. The molecule has 2 aromatic carbocycles. The molecule has 3 aromatic rings. The summed E-state index contributed by atoms with van der Waals surface area (Å²) in [5, 5.41) is 8.59. The number of benzene rings is 2. The smallest absolute Gasteiger partial charge is 0.303 e. The SMILES string of the molecule is O=C(O)CCc1cc(F)c(OCc2c(-c3ccc(Cl)c(F)c3)nsc2CF)c(F)c1. The molecule has 0 saturated carbocycles. The maximum absolute atomic E-state index is 14.3. The highest BCUT2D eigenvalue weighted by Gasteiger charge is 2.20. The number of aryl methyl sites for hydroxylation is 1. The van der Waals surface area contributed by atoms with Crippen molar-refractivity contribution in [1.82, 2.24) is 4.37 Å². The molecule has 0 atom stereocenters. The number of rotatable bonds is 8. The summed E-state index contributed by atoms with van der Waals surface area (Å²) in [5.41, 5.74) is 0.940. The van der Waals surface area contributed by atoms with E-state index in [0.29, 0.717) is 5.56 Å². The van der Waals surface area contributed by atoms with Crippen molar-refractivity contribution in [2.75, 3.05) is 0 Å². The molecule has 0 fully saturated rings. The minimum absolute atomic E-state index is 0.0455. The van der Waals surface area contributed by atoms with Crippen LogP contribution in [0.4, 0.5) is 17.6 Å². The number of hydrogen-bond acceptors (Lipinski definition) is 4. The first kappa shape index (κ1) is 22.0. The number of carbonyl (C=O) groups is 1. The Kier molecular flexibility index (Phi) is 6.94. The van der Waals surface area contributed by atoms with Crippen LogP contribution in [-0.2, 0) is 24.5 Å². The molecule has 10 heteroatoms. The van der Waals surface area contributed by atoms with Crippen LogP contribution in [0.2, 0.25) is 5.02 Å². The highest BCUT2D eigenvalue weighted by atomic mass is 35.5. The number of aromatic nitrogens is 1. The van der Waals surface area contributed by atoms with Crippen LogP contribution < -0.4 is 4.74 Å². The summed E-state index contributed by atoms with van der Waals surface area (Å²) in [5.74, 6) is -4.49. The molecular weight excluding hydrogens is 446 g/mol. The topological polar surface area (TPSA) is 59.4 Å². The Hall–Kier alpha value is -2.65. The molecule has 30 heavy (non-hydrogen) atoms. The van der Waals surface area contributed by atoms with Gasteiger partial charge in [-0.1, -0.05) is 17.7 Å². The second kappa shape index (κ2) is 9.44. The van der Waals surface area contributed by atoms with Gasteiger partial charge in [-0.2, -0.15) is 4.37 Å². The van der Waals surface area contributed by atoms with Gasteiger partial charge in [0, 0.05) is 17.5 Å². The van der Waals surface area contributed by atoms with E-state index in [4.69, 9.17) is 21.4 Å². The van der Waals surface area contributed by atoms with E-state index in [9.17, 15) is 22.4 Å². The highest BCUT2D eigenvalue weighted by Crippen LogP contribution is 2.33. The predicted octanol–water partition coefficient (Wildman–Crippen LogP) is 5.95. The van der Waals surface area contributed by atoms with Gasteiger partial charge in [0.05, 0.1) is 15.6 Å². The third-order valence-corrected chi connectivity index (χ3v) is 5.39. The molecule has 0 aliphatic heterocycles. The molecule has 1 aromatic heterocycles. The third kappa shape index (κ3) is 4.91. The number of carboxylic acid groups (broad SMARTS) is 1. The van der Waals surface area contributed by atoms with Crippen molar-refractivity contribution in [3.8, 4) is 17.0 Å². The van der Waals surface area contributed by atoms with Gasteiger partial charge in [0.1, 0.15) is 19.1 Å². The third-order valence-electron chi connectivity index (χ3n) is 4.23. The van der Waals surface area contributed by atoms with Gasteiger partial charge in [-0.05, 0) is 47.8 Å². The van der Waals surface area contributed by atoms with Crippen molar-refractivity contribution in [2.45, 2.75) is 26.1 Å². The zero-order valence-corrected chi connectivity index (χ0v) is 16.8. The first-order valence-corrected chi connectivity index (χ1v) is 9.76. The van der Waals surface area contributed by atoms with Gasteiger partial charge in [0.25, 0.3) is 0 Å². The zero-order chi connectivity index (χ0) is 21.8. The lowest BCUT2D eigenvalue weighted by Crippen LogP contribution is -2.04. The second-order valence-corrected chi connectivity index (χ2v) is 7.53. The van der Waals surface area contributed by atoms with Gasteiger partial charge in [-0.15, -0.1) is 0 Å². The van der Waals surface area contributed by atoms with E-state index >= 15 is 0 Å². The Labute approximate surface area is 177 Å². The highest BCUT2D eigenvalue weighted by molar-refractivity contribution is 7.06. The van der Waals surface area contributed by atoms with Crippen LogP contribution in [0.5, 0.6) is 5.75 Å². The summed E-state index contributed by atoms with van der Waals surface area (Å²) >= 11 is 6.51. The first-order valence-electron chi connectivity index (χ1n) is 8.61. The average Bonchev–Trinajstić information content (AvgIpc) is 3.10. The first-order chi connectivity index (χ1) is 14.3. The number of ether oxygens (including phenoxy) is 1. The molecule has 0 spiro atoms. The van der Waals surface area contributed by atoms with Gasteiger partial charge in [-0.25, -0.2) is 17.6 Å². The molecule has 0 aliphatic rings. The maximum atomic E-state index is 14.3. The summed E-state index contributed by atoms with van der Waals surface area (Å²) in [7, 11) is 0. The summed E-state index contributed by atoms with van der Waals surface area (Å²) < 4.78 is 65.1. The largest absolute Gasteiger partial charge is 0.483 e. The van der Waals surface area contributed by atoms with E-state index in [1.807, 2.05) is 0 Å². The minimum atomic E-state index is -1.09. The van der Waals surface area contributed by atoms with E-state index in [2.05, 4.69) is 4.37 Å². The van der Waals surface area contributed by atoms with Crippen molar-refractivity contribution in [2.24, 2.45) is 0 Å². The molecule has 0 bridgehead atoms. The molecular formula is C20H14ClF4NO3S. The van der Waals surface area contributed by atoms with Crippen LogP contribution in [0.25, 0.3) is 11.3 Å². The molecule has 3 rings (SSSR count). The monoisotopic (exact) mass is 459 g/mol. The standard InChI is InChI=1S/C20H14ClF4NO3S/c21-13-3-2-11(7-14(13)23)19-12(17(8-22)30-26-19)9-29-20-15(24)5-10(6-16(20)25)1-4-18(27)28/h2-3,5-7H,1,4,8-9H2,(H,27,28). The summed E-state index contributed by atoms with van der Waals surface area (Å²) in [4.78, 5) is 10.8. The number of hydrogen-bond donors (Lipinski definition) is 1. The Morgan fingerprint density at radius 2 is 1.83 bits per heavy atom. The normalized spacial score (nSPS) is 11.0. The van der Waals surface area contributed by atoms with Crippen LogP contribution in [0.1, 0.15) is 22.4 Å². The van der Waals surface area contributed by atoms with Crippen LogP contribution in [0.3, 0.4) is 0 Å². The number of aliphatic carboxylic acids is 1.